The molecule has 0 saturated heterocycles. The van der Waals surface area contributed by atoms with Crippen molar-refractivity contribution in [1.82, 2.24) is 5.32 Å². The van der Waals surface area contributed by atoms with Gasteiger partial charge < -0.3 is 10.1 Å². The van der Waals surface area contributed by atoms with Gasteiger partial charge in [-0.05, 0) is 34.9 Å². The highest BCUT2D eigenvalue weighted by molar-refractivity contribution is 7.92. The van der Waals surface area contributed by atoms with Gasteiger partial charge >= 0.3 is 0 Å². The molecule has 7 heteroatoms. The number of hydrogen-bond acceptors (Lipinski definition) is 4. The van der Waals surface area contributed by atoms with Crippen LogP contribution in [0.2, 0.25) is 0 Å². The summed E-state index contributed by atoms with van der Waals surface area (Å²) < 4.78 is 30.8. The van der Waals surface area contributed by atoms with Crippen molar-refractivity contribution in [2.45, 2.75) is 19.8 Å². The van der Waals surface area contributed by atoms with E-state index in [0.717, 1.165) is 22.9 Å². The van der Waals surface area contributed by atoms with Gasteiger partial charge in [0.2, 0.25) is 10.0 Å². The highest BCUT2D eigenvalue weighted by Crippen LogP contribution is 2.13. The number of sulfonamides is 1. The summed E-state index contributed by atoms with van der Waals surface area (Å²) >= 11 is 0. The molecule has 3 aromatic carbocycles. The first-order chi connectivity index (χ1) is 14.4. The third-order valence-electron chi connectivity index (χ3n) is 4.28. The van der Waals surface area contributed by atoms with E-state index >= 15 is 0 Å². The molecule has 156 valence electrons. The standard InChI is InChI=1S/C23H24N2O4S/c1-30(27,28)25-22-9-5-8-21(14-22)23(26)24-15-18-10-12-20(13-11-18)17-29-16-19-6-3-2-4-7-19/h2-14,25H,15-17H2,1H3,(H,24,26). The number of benzene rings is 3. The predicted molar refractivity (Wildman–Crippen MR) is 117 cm³/mol. The van der Waals surface area contributed by atoms with Crippen molar-refractivity contribution in [1.29, 1.82) is 0 Å². The molecule has 0 saturated carbocycles. The number of carbonyl (C=O) groups is 1. The number of hydrogen-bond donors (Lipinski definition) is 2. The zero-order valence-electron chi connectivity index (χ0n) is 16.7. The molecule has 0 radical (unpaired) electrons. The Morgan fingerprint density at radius 3 is 2.13 bits per heavy atom. The Morgan fingerprint density at radius 1 is 0.833 bits per heavy atom. The number of ether oxygens (including phenoxy) is 1. The maximum atomic E-state index is 12.4. The molecule has 0 fully saturated rings. The Bertz CT molecular complexity index is 1080. The lowest BCUT2D eigenvalue weighted by Gasteiger charge is -2.09. The van der Waals surface area contributed by atoms with Crippen LogP contribution in [0.5, 0.6) is 0 Å². The van der Waals surface area contributed by atoms with Crippen LogP contribution >= 0.6 is 0 Å². The Balaban J connectivity index is 1.48. The van der Waals surface area contributed by atoms with Crippen molar-refractivity contribution in [2.24, 2.45) is 0 Å². The molecular formula is C23H24N2O4S. The number of anilines is 1. The first-order valence-electron chi connectivity index (χ1n) is 9.44. The van der Waals surface area contributed by atoms with E-state index in [1.807, 2.05) is 54.6 Å². The summed E-state index contributed by atoms with van der Waals surface area (Å²) in [6, 6.07) is 24.2. The van der Waals surface area contributed by atoms with E-state index in [1.165, 1.54) is 6.07 Å². The second kappa shape index (κ2) is 10.0. The van der Waals surface area contributed by atoms with Gasteiger partial charge in [0.25, 0.3) is 5.91 Å². The molecule has 0 aliphatic rings. The molecule has 0 aromatic heterocycles. The molecule has 0 heterocycles. The van der Waals surface area contributed by atoms with Gasteiger partial charge in [0, 0.05) is 17.8 Å². The van der Waals surface area contributed by atoms with Crippen LogP contribution in [0.3, 0.4) is 0 Å². The summed E-state index contributed by atoms with van der Waals surface area (Å²) in [7, 11) is -3.39. The van der Waals surface area contributed by atoms with Crippen LogP contribution < -0.4 is 10.0 Å². The van der Waals surface area contributed by atoms with Crippen LogP contribution in [0.25, 0.3) is 0 Å². The monoisotopic (exact) mass is 424 g/mol. The van der Waals surface area contributed by atoms with Gasteiger partial charge in [-0.25, -0.2) is 8.42 Å². The molecule has 0 atom stereocenters. The summed E-state index contributed by atoms with van der Waals surface area (Å²) in [5.41, 5.74) is 3.88. The number of amides is 1. The largest absolute Gasteiger partial charge is 0.372 e. The zero-order chi connectivity index (χ0) is 21.4. The number of nitrogens with one attached hydrogen (secondary N) is 2. The average molecular weight is 425 g/mol. The Labute approximate surface area is 177 Å². The van der Waals surface area contributed by atoms with Crippen LogP contribution in [0.15, 0.2) is 78.9 Å². The van der Waals surface area contributed by atoms with E-state index in [4.69, 9.17) is 4.74 Å². The third-order valence-corrected chi connectivity index (χ3v) is 4.89. The van der Waals surface area contributed by atoms with Gasteiger partial charge in [0.15, 0.2) is 0 Å². The summed E-state index contributed by atoms with van der Waals surface area (Å²) in [6.07, 6.45) is 1.07. The number of carbonyl (C=O) groups excluding carboxylic acids is 1. The minimum absolute atomic E-state index is 0.276. The summed E-state index contributed by atoms with van der Waals surface area (Å²) in [6.45, 7) is 1.45. The van der Waals surface area contributed by atoms with E-state index < -0.39 is 10.0 Å². The SMILES string of the molecule is CS(=O)(=O)Nc1cccc(C(=O)NCc2ccc(COCc3ccccc3)cc2)c1. The fourth-order valence-electron chi connectivity index (χ4n) is 2.84. The van der Waals surface area contributed by atoms with E-state index in [-0.39, 0.29) is 5.91 Å². The van der Waals surface area contributed by atoms with Crippen molar-refractivity contribution in [3.8, 4) is 0 Å². The Morgan fingerprint density at radius 2 is 1.47 bits per heavy atom. The lowest BCUT2D eigenvalue weighted by Crippen LogP contribution is -2.23. The minimum atomic E-state index is -3.39. The molecule has 0 spiro atoms. The molecule has 6 nitrogen and oxygen atoms in total. The van der Waals surface area contributed by atoms with Crippen LogP contribution in [0.1, 0.15) is 27.0 Å². The molecular weight excluding hydrogens is 400 g/mol. The van der Waals surface area contributed by atoms with E-state index in [2.05, 4.69) is 10.0 Å². The fourth-order valence-corrected chi connectivity index (χ4v) is 3.39. The van der Waals surface area contributed by atoms with Gasteiger partial charge in [0.1, 0.15) is 0 Å². The molecule has 0 bridgehead atoms. The quantitative estimate of drug-likeness (QED) is 0.549. The Kier molecular flexibility index (Phi) is 7.21. The highest BCUT2D eigenvalue weighted by Gasteiger charge is 2.08. The van der Waals surface area contributed by atoms with Crippen LogP contribution in [0, 0.1) is 0 Å². The molecule has 0 aliphatic carbocycles. The van der Waals surface area contributed by atoms with Gasteiger partial charge in [-0.3, -0.25) is 9.52 Å². The normalized spacial score (nSPS) is 11.1. The minimum Gasteiger partial charge on any atom is -0.372 e. The average Bonchev–Trinajstić information content (AvgIpc) is 2.73. The fraction of sp³-hybridized carbons (Fsp3) is 0.174. The molecule has 3 rings (SSSR count). The number of rotatable bonds is 9. The zero-order valence-corrected chi connectivity index (χ0v) is 17.5. The van der Waals surface area contributed by atoms with Crippen molar-refractivity contribution >= 4 is 21.6 Å². The lowest BCUT2D eigenvalue weighted by molar-refractivity contribution is 0.0951. The predicted octanol–water partition coefficient (Wildman–Crippen LogP) is 3.70. The van der Waals surface area contributed by atoms with Crippen LogP contribution in [-0.2, 0) is 34.5 Å². The second-order valence-corrected chi connectivity index (χ2v) is 8.68. The lowest BCUT2D eigenvalue weighted by atomic mass is 10.1. The van der Waals surface area contributed by atoms with Crippen LogP contribution in [-0.4, -0.2) is 20.6 Å². The van der Waals surface area contributed by atoms with Crippen LogP contribution in [0.4, 0.5) is 5.69 Å². The molecule has 0 aliphatic heterocycles. The highest BCUT2D eigenvalue weighted by atomic mass is 32.2. The van der Waals surface area contributed by atoms with Gasteiger partial charge in [-0.1, -0.05) is 60.7 Å². The summed E-state index contributed by atoms with van der Waals surface area (Å²) in [4.78, 5) is 12.4. The topological polar surface area (TPSA) is 84.5 Å². The first-order valence-corrected chi connectivity index (χ1v) is 11.3. The van der Waals surface area contributed by atoms with Gasteiger partial charge in [-0.2, -0.15) is 0 Å². The third kappa shape index (κ3) is 7.02. The maximum absolute atomic E-state index is 12.4. The summed E-state index contributed by atoms with van der Waals surface area (Å²) in [5.74, 6) is -0.276. The van der Waals surface area contributed by atoms with Crippen molar-refractivity contribution < 1.29 is 17.9 Å². The van der Waals surface area contributed by atoms with E-state index in [9.17, 15) is 13.2 Å². The maximum Gasteiger partial charge on any atom is 0.251 e. The summed E-state index contributed by atoms with van der Waals surface area (Å²) in [5, 5.41) is 2.84. The molecule has 0 unspecified atom stereocenters. The molecule has 1 amide bonds. The van der Waals surface area contributed by atoms with Crippen molar-refractivity contribution in [3.63, 3.8) is 0 Å². The molecule has 2 N–H and O–H groups in total. The van der Waals surface area contributed by atoms with Crippen molar-refractivity contribution in [2.75, 3.05) is 11.0 Å². The smallest absolute Gasteiger partial charge is 0.251 e. The van der Waals surface area contributed by atoms with E-state index in [0.29, 0.717) is 31.0 Å². The molecule has 30 heavy (non-hydrogen) atoms. The second-order valence-electron chi connectivity index (χ2n) is 6.93. The van der Waals surface area contributed by atoms with Gasteiger partial charge in [-0.15, -0.1) is 0 Å². The van der Waals surface area contributed by atoms with Gasteiger partial charge in [0.05, 0.1) is 19.5 Å². The first kappa shape index (κ1) is 21.5. The Hall–Kier alpha value is -3.16. The van der Waals surface area contributed by atoms with E-state index in [1.54, 1.807) is 18.2 Å². The molecule has 3 aromatic rings. The van der Waals surface area contributed by atoms with Crippen molar-refractivity contribution in [3.05, 3.63) is 101 Å².